The third-order valence-corrected chi connectivity index (χ3v) is 2.58. The lowest BCUT2D eigenvalue weighted by atomic mass is 10.4. The van der Waals surface area contributed by atoms with Gasteiger partial charge in [0.1, 0.15) is 6.04 Å². The summed E-state index contributed by atoms with van der Waals surface area (Å²) in [6, 6.07) is -1.62. The molecule has 0 aromatic heterocycles. The number of thioether (sulfide) groups is 1. The average molecular weight is 263 g/mol. The predicted octanol–water partition coefficient (Wildman–Crippen LogP) is -0.634. The van der Waals surface area contributed by atoms with E-state index in [-0.39, 0.29) is 17.5 Å². The first-order valence-corrected chi connectivity index (χ1v) is 6.15. The zero-order chi connectivity index (χ0) is 13.4. The van der Waals surface area contributed by atoms with E-state index < -0.39 is 23.9 Å². The van der Waals surface area contributed by atoms with Gasteiger partial charge in [0.25, 0.3) is 0 Å². The Morgan fingerprint density at radius 3 is 2.41 bits per heavy atom. The second-order valence-electron chi connectivity index (χ2n) is 3.64. The highest BCUT2D eigenvalue weighted by Gasteiger charge is 2.13. The first kappa shape index (κ1) is 15.7. The summed E-state index contributed by atoms with van der Waals surface area (Å²) in [4.78, 5) is 32.7. The van der Waals surface area contributed by atoms with Crippen LogP contribution in [0, 0.1) is 0 Å². The molecule has 0 aromatic rings. The van der Waals surface area contributed by atoms with Crippen LogP contribution in [0.2, 0.25) is 0 Å². The normalized spacial score (nSPS) is 12.0. The minimum atomic E-state index is -1.12. The molecule has 98 valence electrons. The summed E-state index contributed by atoms with van der Waals surface area (Å²) in [6.45, 7) is 3.54. The molecule has 8 heteroatoms. The molecule has 0 unspecified atom stereocenters. The van der Waals surface area contributed by atoms with E-state index in [1.54, 1.807) is 13.8 Å². The van der Waals surface area contributed by atoms with Gasteiger partial charge in [0.05, 0.1) is 5.75 Å². The van der Waals surface area contributed by atoms with Crippen LogP contribution in [0.25, 0.3) is 0 Å². The molecule has 5 N–H and O–H groups in total. The molecule has 17 heavy (non-hydrogen) atoms. The van der Waals surface area contributed by atoms with E-state index in [0.717, 1.165) is 11.8 Å². The van der Waals surface area contributed by atoms with Crippen LogP contribution in [0.15, 0.2) is 0 Å². The summed E-state index contributed by atoms with van der Waals surface area (Å²) in [5, 5.41) is 13.1. The molecule has 0 fully saturated rings. The Morgan fingerprint density at radius 2 is 1.94 bits per heavy atom. The minimum absolute atomic E-state index is 0.00745. The van der Waals surface area contributed by atoms with Crippen molar-refractivity contribution in [3.63, 3.8) is 0 Å². The summed E-state index contributed by atoms with van der Waals surface area (Å²) in [7, 11) is 0. The average Bonchev–Trinajstić information content (AvgIpc) is 2.15. The topological polar surface area (TPSA) is 122 Å². The Morgan fingerprint density at radius 1 is 1.35 bits per heavy atom. The van der Waals surface area contributed by atoms with E-state index in [9.17, 15) is 14.4 Å². The lowest BCUT2D eigenvalue weighted by Crippen LogP contribution is -2.43. The molecule has 3 amide bonds. The van der Waals surface area contributed by atoms with Crippen molar-refractivity contribution in [2.45, 2.75) is 25.9 Å². The number of nitrogens with two attached hydrogens (primary N) is 1. The van der Waals surface area contributed by atoms with Crippen LogP contribution in [0.1, 0.15) is 13.8 Å². The number of aliphatic carboxylic acids is 1. The summed E-state index contributed by atoms with van der Waals surface area (Å²) >= 11 is 1.06. The van der Waals surface area contributed by atoms with Gasteiger partial charge < -0.3 is 16.2 Å². The van der Waals surface area contributed by atoms with Crippen molar-refractivity contribution in [2.24, 2.45) is 5.73 Å². The highest BCUT2D eigenvalue weighted by Crippen LogP contribution is 2.01. The fraction of sp³-hybridized carbons (Fsp3) is 0.667. The summed E-state index contributed by atoms with van der Waals surface area (Å²) in [6.07, 6.45) is 0. The summed E-state index contributed by atoms with van der Waals surface area (Å²) in [5.41, 5.74) is 5.24. The zero-order valence-electron chi connectivity index (χ0n) is 9.73. The maximum Gasteiger partial charge on any atom is 0.321 e. The Kier molecular flexibility index (Phi) is 7.31. The van der Waals surface area contributed by atoms with Crippen LogP contribution < -0.4 is 16.4 Å². The molecule has 0 heterocycles. The third-order valence-electron chi connectivity index (χ3n) is 1.52. The number of rotatable bonds is 6. The van der Waals surface area contributed by atoms with Crippen molar-refractivity contribution in [2.75, 3.05) is 11.5 Å². The van der Waals surface area contributed by atoms with Crippen LogP contribution in [0.4, 0.5) is 4.79 Å². The van der Waals surface area contributed by atoms with Crippen LogP contribution in [-0.2, 0) is 9.59 Å². The SMILES string of the molecule is CC(C)NC(=O)NC(=O)CSC[C@@H](N)C(=O)O. The van der Waals surface area contributed by atoms with Crippen molar-refractivity contribution < 1.29 is 19.5 Å². The molecule has 0 aliphatic heterocycles. The van der Waals surface area contributed by atoms with Gasteiger partial charge in [-0.3, -0.25) is 14.9 Å². The molecular weight excluding hydrogens is 246 g/mol. The third kappa shape index (κ3) is 8.52. The van der Waals surface area contributed by atoms with Crippen molar-refractivity contribution in [3.8, 4) is 0 Å². The number of carboxylic acid groups (broad SMARTS) is 1. The van der Waals surface area contributed by atoms with E-state index in [4.69, 9.17) is 10.8 Å². The Balaban J connectivity index is 3.73. The number of hydrogen-bond acceptors (Lipinski definition) is 5. The molecule has 0 saturated carbocycles. The first-order valence-electron chi connectivity index (χ1n) is 4.99. The number of carbonyl (C=O) groups excluding carboxylic acids is 2. The van der Waals surface area contributed by atoms with Crippen LogP contribution in [0.3, 0.4) is 0 Å². The number of imide groups is 1. The maximum atomic E-state index is 11.2. The predicted molar refractivity (Wildman–Crippen MR) is 64.7 cm³/mol. The number of hydrogen-bond donors (Lipinski definition) is 4. The Hall–Kier alpha value is -1.28. The largest absolute Gasteiger partial charge is 0.480 e. The maximum absolute atomic E-state index is 11.2. The lowest BCUT2D eigenvalue weighted by Gasteiger charge is -2.09. The molecule has 0 rings (SSSR count). The smallest absolute Gasteiger partial charge is 0.321 e. The monoisotopic (exact) mass is 263 g/mol. The van der Waals surface area contributed by atoms with Crippen LogP contribution in [0.5, 0.6) is 0 Å². The van der Waals surface area contributed by atoms with Gasteiger partial charge in [0.2, 0.25) is 5.91 Å². The van der Waals surface area contributed by atoms with E-state index in [0.29, 0.717) is 0 Å². The standard InChI is InChI=1S/C9H17N3O4S/c1-5(2)11-9(16)12-7(13)4-17-3-6(10)8(14)15/h5-6H,3-4,10H2,1-2H3,(H,14,15)(H2,11,12,13,16)/t6-/m1/s1. The van der Waals surface area contributed by atoms with Gasteiger partial charge in [-0.2, -0.15) is 0 Å². The number of carboxylic acids is 1. The fourth-order valence-corrected chi connectivity index (χ4v) is 1.58. The number of nitrogens with one attached hydrogen (secondary N) is 2. The molecule has 0 aliphatic carbocycles. The first-order chi connectivity index (χ1) is 7.82. The number of urea groups is 1. The van der Waals surface area contributed by atoms with Crippen molar-refractivity contribution >= 4 is 29.7 Å². The van der Waals surface area contributed by atoms with Crippen molar-refractivity contribution in [1.29, 1.82) is 0 Å². The summed E-state index contributed by atoms with van der Waals surface area (Å²) in [5.74, 6) is -1.48. The van der Waals surface area contributed by atoms with Gasteiger partial charge >= 0.3 is 12.0 Å². The van der Waals surface area contributed by atoms with E-state index in [1.165, 1.54) is 0 Å². The van der Waals surface area contributed by atoms with E-state index in [1.807, 2.05) is 0 Å². The van der Waals surface area contributed by atoms with E-state index >= 15 is 0 Å². The molecule has 0 aliphatic rings. The van der Waals surface area contributed by atoms with Crippen LogP contribution >= 0.6 is 11.8 Å². The number of carbonyl (C=O) groups is 3. The van der Waals surface area contributed by atoms with Crippen molar-refractivity contribution in [1.82, 2.24) is 10.6 Å². The molecule has 0 bridgehead atoms. The molecule has 0 saturated heterocycles. The van der Waals surface area contributed by atoms with Crippen molar-refractivity contribution in [3.05, 3.63) is 0 Å². The zero-order valence-corrected chi connectivity index (χ0v) is 10.5. The summed E-state index contributed by atoms with van der Waals surface area (Å²) < 4.78 is 0. The quantitative estimate of drug-likeness (QED) is 0.506. The molecule has 0 radical (unpaired) electrons. The highest BCUT2D eigenvalue weighted by atomic mass is 32.2. The van der Waals surface area contributed by atoms with Gasteiger partial charge in [0.15, 0.2) is 0 Å². The lowest BCUT2D eigenvalue weighted by molar-refractivity contribution is -0.138. The van der Waals surface area contributed by atoms with Gasteiger partial charge in [-0.1, -0.05) is 0 Å². The Bertz CT molecular complexity index is 296. The molecule has 0 aromatic carbocycles. The second kappa shape index (κ2) is 7.91. The molecule has 7 nitrogen and oxygen atoms in total. The molecule has 0 spiro atoms. The van der Waals surface area contributed by atoms with Crippen LogP contribution in [-0.4, -0.2) is 46.6 Å². The minimum Gasteiger partial charge on any atom is -0.480 e. The van der Waals surface area contributed by atoms with Gasteiger partial charge in [-0.25, -0.2) is 4.79 Å². The highest BCUT2D eigenvalue weighted by molar-refractivity contribution is 8.00. The second-order valence-corrected chi connectivity index (χ2v) is 4.67. The van der Waals surface area contributed by atoms with Gasteiger partial charge in [0, 0.05) is 11.8 Å². The van der Waals surface area contributed by atoms with Gasteiger partial charge in [-0.05, 0) is 13.8 Å². The van der Waals surface area contributed by atoms with Gasteiger partial charge in [-0.15, -0.1) is 11.8 Å². The Labute approximate surface area is 104 Å². The number of amides is 3. The van der Waals surface area contributed by atoms with E-state index in [2.05, 4.69) is 10.6 Å². The molecule has 1 atom stereocenters. The molecular formula is C9H17N3O4S. The fourth-order valence-electron chi connectivity index (χ4n) is 0.811.